The molecular formula is C39H43N3O7S. The van der Waals surface area contributed by atoms with E-state index in [-0.39, 0.29) is 37.0 Å². The molecule has 1 heterocycles. The second-order valence-corrected chi connectivity index (χ2v) is 13.3. The normalized spacial score (nSPS) is 17.1. The average Bonchev–Trinajstić information content (AvgIpc) is 3.15. The van der Waals surface area contributed by atoms with E-state index in [0.717, 1.165) is 44.0 Å². The fourth-order valence-corrected chi connectivity index (χ4v) is 6.66. The highest BCUT2D eigenvalue weighted by atomic mass is 32.2. The maximum atomic E-state index is 12.4. The van der Waals surface area contributed by atoms with Gasteiger partial charge in [0.05, 0.1) is 18.8 Å². The number of hydrogen-bond donors (Lipinski definition) is 5. The Bertz CT molecular complexity index is 1720. The molecule has 0 aromatic heterocycles. The molecule has 1 fully saturated rings. The second-order valence-electron chi connectivity index (χ2n) is 12.2. The third kappa shape index (κ3) is 10.7. The molecule has 5 N–H and O–H groups in total. The quantitative estimate of drug-likeness (QED) is 0.0394. The Balaban J connectivity index is 1.25. The summed E-state index contributed by atoms with van der Waals surface area (Å²) >= 11 is 1.69. The number of aliphatic hydroxyl groups excluding tert-OH is 1. The van der Waals surface area contributed by atoms with Crippen LogP contribution in [0, 0.1) is 0 Å². The number of hydroxylamine groups is 1. The molecule has 0 spiro atoms. The molecule has 0 saturated carbocycles. The van der Waals surface area contributed by atoms with E-state index in [9.17, 15) is 19.5 Å². The van der Waals surface area contributed by atoms with Gasteiger partial charge in [0, 0.05) is 54.6 Å². The fourth-order valence-electron chi connectivity index (χ4n) is 5.73. The van der Waals surface area contributed by atoms with Crippen molar-refractivity contribution in [1.29, 1.82) is 0 Å². The summed E-state index contributed by atoms with van der Waals surface area (Å²) in [5.41, 5.74) is 8.09. The van der Waals surface area contributed by atoms with Crippen LogP contribution in [0.2, 0.25) is 0 Å². The molecule has 0 unspecified atom stereocenters. The highest BCUT2D eigenvalue weighted by molar-refractivity contribution is 7.99. The van der Waals surface area contributed by atoms with Gasteiger partial charge in [-0.15, -0.1) is 11.8 Å². The Labute approximate surface area is 296 Å². The molecule has 50 heavy (non-hydrogen) atoms. The Kier molecular flexibility index (Phi) is 13.6. The summed E-state index contributed by atoms with van der Waals surface area (Å²) < 4.78 is 13.1. The Morgan fingerprint density at radius 3 is 2.18 bits per heavy atom. The molecule has 1 aliphatic rings. The van der Waals surface area contributed by atoms with Gasteiger partial charge >= 0.3 is 0 Å². The number of nitrogens with one attached hydrogen (secondary N) is 3. The topological polar surface area (TPSA) is 146 Å². The van der Waals surface area contributed by atoms with Crippen molar-refractivity contribution in [3.63, 3.8) is 0 Å². The number of ether oxygens (including phenoxy) is 2. The molecule has 11 heteroatoms. The summed E-state index contributed by atoms with van der Waals surface area (Å²) in [4.78, 5) is 36.1. The summed E-state index contributed by atoms with van der Waals surface area (Å²) in [7, 11) is 0. The lowest BCUT2D eigenvalue weighted by atomic mass is 9.97. The number of benzene rings is 4. The van der Waals surface area contributed by atoms with Crippen molar-refractivity contribution in [2.75, 3.05) is 11.1 Å². The molecule has 0 radical (unpaired) electrons. The van der Waals surface area contributed by atoms with Crippen LogP contribution in [0.3, 0.4) is 0 Å². The fraction of sp³-hybridized carbons (Fsp3) is 0.308. The van der Waals surface area contributed by atoms with E-state index in [1.807, 2.05) is 97.1 Å². The first kappa shape index (κ1) is 36.8. The summed E-state index contributed by atoms with van der Waals surface area (Å²) in [6.45, 7) is 1.84. The van der Waals surface area contributed by atoms with Crippen LogP contribution in [-0.2, 0) is 37.0 Å². The molecule has 4 aromatic carbocycles. The maximum Gasteiger partial charge on any atom is 0.243 e. The molecule has 1 aliphatic heterocycles. The number of amides is 3. The average molecular weight is 698 g/mol. The zero-order chi connectivity index (χ0) is 35.3. The van der Waals surface area contributed by atoms with Crippen LogP contribution in [0.5, 0.6) is 0 Å². The number of unbranched alkanes of at least 4 members (excludes halogenated alkanes) is 1. The Morgan fingerprint density at radius 1 is 0.820 bits per heavy atom. The van der Waals surface area contributed by atoms with Crippen molar-refractivity contribution >= 4 is 35.2 Å². The highest BCUT2D eigenvalue weighted by Gasteiger charge is 2.32. The van der Waals surface area contributed by atoms with Gasteiger partial charge in [0.2, 0.25) is 17.7 Å². The van der Waals surface area contributed by atoms with Gasteiger partial charge in [-0.05, 0) is 64.9 Å². The number of hydrogen-bond acceptors (Lipinski definition) is 8. The number of thioether (sulfide) groups is 1. The SMILES string of the molecule is CC(=O)Nc1ccc(SC[C@H]2C[C@@H](c3ccc(CO)cc3)O[C@@H](c3ccc(-c4ccccc4CNC(=O)CCCCC(=O)NO)cc3)O2)cc1. The lowest BCUT2D eigenvalue weighted by molar-refractivity contribution is -0.245. The molecule has 262 valence electrons. The van der Waals surface area contributed by atoms with E-state index in [4.69, 9.17) is 14.7 Å². The minimum Gasteiger partial charge on any atom is -0.392 e. The second kappa shape index (κ2) is 18.5. The van der Waals surface area contributed by atoms with E-state index in [1.165, 1.54) is 6.92 Å². The molecule has 5 rings (SSSR count). The van der Waals surface area contributed by atoms with Gasteiger partial charge in [-0.1, -0.05) is 72.8 Å². The van der Waals surface area contributed by atoms with Crippen LogP contribution in [0.4, 0.5) is 5.69 Å². The van der Waals surface area contributed by atoms with E-state index in [1.54, 1.807) is 17.2 Å². The van der Waals surface area contributed by atoms with Gasteiger partial charge in [0.1, 0.15) is 0 Å². The van der Waals surface area contributed by atoms with Crippen molar-refractivity contribution in [2.45, 2.75) is 75.6 Å². The zero-order valence-corrected chi connectivity index (χ0v) is 28.8. The van der Waals surface area contributed by atoms with Gasteiger partial charge in [-0.2, -0.15) is 0 Å². The number of rotatable bonds is 15. The lowest BCUT2D eigenvalue weighted by Crippen LogP contribution is -2.31. The van der Waals surface area contributed by atoms with Crippen molar-refractivity contribution in [3.05, 3.63) is 119 Å². The number of aliphatic hydroxyl groups is 1. The zero-order valence-electron chi connectivity index (χ0n) is 28.0. The molecule has 4 aromatic rings. The van der Waals surface area contributed by atoms with Gasteiger partial charge in [-0.3, -0.25) is 19.6 Å². The molecular weight excluding hydrogens is 655 g/mol. The monoisotopic (exact) mass is 697 g/mol. The molecule has 3 atom stereocenters. The van der Waals surface area contributed by atoms with Crippen molar-refractivity contribution in [1.82, 2.24) is 10.8 Å². The van der Waals surface area contributed by atoms with Crippen LogP contribution < -0.4 is 16.1 Å². The van der Waals surface area contributed by atoms with Gasteiger partial charge in [-0.25, -0.2) is 5.48 Å². The molecule has 0 aliphatic carbocycles. The summed E-state index contributed by atoms with van der Waals surface area (Å²) in [5.74, 6) is 0.0479. The minimum atomic E-state index is -0.592. The van der Waals surface area contributed by atoms with Gasteiger partial charge in [0.25, 0.3) is 0 Å². The van der Waals surface area contributed by atoms with Gasteiger partial charge in [0.15, 0.2) is 6.29 Å². The maximum absolute atomic E-state index is 12.4. The van der Waals surface area contributed by atoms with Crippen molar-refractivity contribution in [2.24, 2.45) is 0 Å². The molecule has 1 saturated heterocycles. The number of carbonyl (C=O) groups excluding carboxylic acids is 3. The van der Waals surface area contributed by atoms with Gasteiger partial charge < -0.3 is 25.2 Å². The summed E-state index contributed by atoms with van der Waals surface area (Å²) in [6, 6.07) is 31.6. The molecule has 0 bridgehead atoms. The first-order valence-corrected chi connectivity index (χ1v) is 17.7. The third-order valence-corrected chi connectivity index (χ3v) is 9.54. The summed E-state index contributed by atoms with van der Waals surface area (Å²) in [6.07, 6.45) is 1.31. The van der Waals surface area contributed by atoms with Crippen LogP contribution in [0.25, 0.3) is 11.1 Å². The predicted molar refractivity (Wildman–Crippen MR) is 192 cm³/mol. The van der Waals surface area contributed by atoms with E-state index in [2.05, 4.69) is 10.6 Å². The highest BCUT2D eigenvalue weighted by Crippen LogP contribution is 2.40. The standard InChI is InChI=1S/C39H43N3O7S/c1-26(44)41-32-18-20-34(21-19-32)50-25-33-22-36(29-12-10-27(24-43)11-13-29)49-39(48-33)30-16-14-28(15-17-30)35-7-3-2-6-31(35)23-40-37(45)8-4-5-9-38(46)42-47/h2-3,6-7,10-21,33,36,39,43,47H,4-5,8-9,22-25H2,1H3,(H,40,45)(H,41,44)(H,42,46)/t33-,36+,39+/m1/s1. The largest absolute Gasteiger partial charge is 0.392 e. The minimum absolute atomic E-state index is 0.0211. The first-order chi connectivity index (χ1) is 24.3. The van der Waals surface area contributed by atoms with E-state index < -0.39 is 12.2 Å². The number of anilines is 1. The third-order valence-electron chi connectivity index (χ3n) is 8.40. The van der Waals surface area contributed by atoms with Crippen LogP contribution in [-0.4, -0.2) is 39.9 Å². The Hall–Kier alpha value is -4.52. The number of carbonyl (C=O) groups is 3. The van der Waals surface area contributed by atoms with E-state index in [0.29, 0.717) is 38.0 Å². The van der Waals surface area contributed by atoms with Crippen molar-refractivity contribution in [3.8, 4) is 11.1 Å². The summed E-state index contributed by atoms with van der Waals surface area (Å²) in [5, 5.41) is 23.9. The Morgan fingerprint density at radius 2 is 1.50 bits per heavy atom. The smallest absolute Gasteiger partial charge is 0.243 e. The predicted octanol–water partition coefficient (Wildman–Crippen LogP) is 6.82. The van der Waals surface area contributed by atoms with E-state index >= 15 is 0 Å². The van der Waals surface area contributed by atoms with Crippen LogP contribution in [0.1, 0.15) is 73.7 Å². The molecule has 3 amide bonds. The first-order valence-electron chi connectivity index (χ1n) is 16.7. The molecule has 10 nitrogen and oxygen atoms in total. The lowest BCUT2D eigenvalue weighted by Gasteiger charge is -2.36. The van der Waals surface area contributed by atoms with Crippen LogP contribution in [0.15, 0.2) is 102 Å². The van der Waals surface area contributed by atoms with Crippen LogP contribution >= 0.6 is 11.8 Å². The van der Waals surface area contributed by atoms with Crippen molar-refractivity contribution < 1.29 is 34.2 Å².